The van der Waals surface area contributed by atoms with Crippen molar-refractivity contribution in [3.8, 4) is 11.5 Å². The number of halogens is 1. The molecule has 0 fully saturated rings. The maximum atomic E-state index is 13.2. The fourth-order valence-electron chi connectivity index (χ4n) is 2.52. The Morgan fingerprint density at radius 2 is 1.91 bits per heavy atom. The third-order valence-electron chi connectivity index (χ3n) is 3.92. The van der Waals surface area contributed by atoms with Crippen LogP contribution in [0.25, 0.3) is 6.08 Å². The molecule has 0 saturated heterocycles. The summed E-state index contributed by atoms with van der Waals surface area (Å²) >= 11 is 0. The molecular formula is C22H23FN2O7. The molecule has 0 bridgehead atoms. The molecule has 0 spiro atoms. The predicted molar refractivity (Wildman–Crippen MR) is 115 cm³/mol. The number of rotatable bonds is 11. The number of esters is 1. The largest absolute Gasteiger partial charge is 0.490 e. The molecule has 9 nitrogen and oxygen atoms in total. The van der Waals surface area contributed by atoms with E-state index in [1.165, 1.54) is 6.08 Å². The number of hydrogen-bond donors (Lipinski definition) is 1. The summed E-state index contributed by atoms with van der Waals surface area (Å²) in [4.78, 5) is 34.0. The molecule has 0 aliphatic rings. The number of nitrogens with zero attached hydrogens (tertiary/aromatic N) is 1. The first-order valence-corrected chi connectivity index (χ1v) is 9.82. The fourth-order valence-corrected chi connectivity index (χ4v) is 2.52. The van der Waals surface area contributed by atoms with Crippen molar-refractivity contribution in [2.24, 2.45) is 0 Å². The highest BCUT2D eigenvalue weighted by atomic mass is 19.1. The normalized spacial score (nSPS) is 10.6. The summed E-state index contributed by atoms with van der Waals surface area (Å²) in [6.07, 6.45) is 3.46. The molecule has 0 aromatic heterocycles. The van der Waals surface area contributed by atoms with Gasteiger partial charge in [-0.3, -0.25) is 14.9 Å². The van der Waals surface area contributed by atoms with Crippen molar-refractivity contribution in [2.45, 2.75) is 20.3 Å². The van der Waals surface area contributed by atoms with Gasteiger partial charge in [-0.05, 0) is 49.2 Å². The molecule has 0 aliphatic carbocycles. The summed E-state index contributed by atoms with van der Waals surface area (Å²) < 4.78 is 29.2. The van der Waals surface area contributed by atoms with E-state index in [0.29, 0.717) is 36.3 Å². The molecule has 0 saturated carbocycles. The number of carbonyl (C=O) groups is 2. The van der Waals surface area contributed by atoms with Crippen LogP contribution in [0, 0.1) is 15.9 Å². The SMILES string of the molecule is CCCOc1ccc(/C=C/C(=O)OCC(=O)Nc2ccc(F)cc2[N+](=O)[O-])cc1OCC. The number of nitro benzene ring substituents is 1. The van der Waals surface area contributed by atoms with Gasteiger partial charge in [-0.2, -0.15) is 0 Å². The van der Waals surface area contributed by atoms with Crippen LogP contribution < -0.4 is 14.8 Å². The number of nitro groups is 1. The summed E-state index contributed by atoms with van der Waals surface area (Å²) in [5, 5.41) is 13.2. The second-order valence-corrected chi connectivity index (χ2v) is 6.40. The van der Waals surface area contributed by atoms with Crippen molar-refractivity contribution < 1.29 is 33.1 Å². The first-order valence-electron chi connectivity index (χ1n) is 9.82. The minimum Gasteiger partial charge on any atom is -0.490 e. The van der Waals surface area contributed by atoms with Crippen LogP contribution in [-0.4, -0.2) is 36.6 Å². The summed E-state index contributed by atoms with van der Waals surface area (Å²) in [7, 11) is 0. The molecule has 1 N–H and O–H groups in total. The lowest BCUT2D eigenvalue weighted by Gasteiger charge is -2.12. The molecule has 0 heterocycles. The number of ether oxygens (including phenoxy) is 3. The Morgan fingerprint density at radius 3 is 2.59 bits per heavy atom. The molecule has 0 unspecified atom stereocenters. The molecule has 2 rings (SSSR count). The Morgan fingerprint density at radius 1 is 1.12 bits per heavy atom. The Balaban J connectivity index is 1.94. The third kappa shape index (κ3) is 7.38. The van der Waals surface area contributed by atoms with E-state index in [1.807, 2.05) is 13.8 Å². The smallest absolute Gasteiger partial charge is 0.331 e. The maximum Gasteiger partial charge on any atom is 0.331 e. The molecule has 2 aromatic carbocycles. The second kappa shape index (κ2) is 12.0. The fraction of sp³-hybridized carbons (Fsp3) is 0.273. The molecule has 2 aromatic rings. The zero-order chi connectivity index (χ0) is 23.5. The Hall–Kier alpha value is -3.95. The van der Waals surface area contributed by atoms with Gasteiger partial charge in [-0.25, -0.2) is 9.18 Å². The van der Waals surface area contributed by atoms with Crippen LogP contribution in [0.5, 0.6) is 11.5 Å². The van der Waals surface area contributed by atoms with Gasteiger partial charge in [0.05, 0.1) is 24.2 Å². The van der Waals surface area contributed by atoms with Crippen molar-refractivity contribution >= 4 is 29.3 Å². The van der Waals surface area contributed by atoms with Gasteiger partial charge < -0.3 is 19.5 Å². The highest BCUT2D eigenvalue weighted by molar-refractivity contribution is 5.96. The number of amides is 1. The van der Waals surface area contributed by atoms with Crippen LogP contribution in [0.1, 0.15) is 25.8 Å². The van der Waals surface area contributed by atoms with E-state index >= 15 is 0 Å². The molecule has 10 heteroatoms. The van der Waals surface area contributed by atoms with Crippen molar-refractivity contribution in [3.63, 3.8) is 0 Å². The number of benzene rings is 2. The van der Waals surface area contributed by atoms with Gasteiger partial charge in [0.2, 0.25) is 0 Å². The molecule has 170 valence electrons. The van der Waals surface area contributed by atoms with Crippen LogP contribution in [0.3, 0.4) is 0 Å². The van der Waals surface area contributed by atoms with Gasteiger partial charge in [0.25, 0.3) is 11.6 Å². The van der Waals surface area contributed by atoms with Gasteiger partial charge in [-0.15, -0.1) is 0 Å². The number of nitrogens with one attached hydrogen (secondary N) is 1. The lowest BCUT2D eigenvalue weighted by atomic mass is 10.2. The standard InChI is InChI=1S/C22H23FN2O7/c1-3-11-31-19-9-5-15(12-20(19)30-4-2)6-10-22(27)32-14-21(26)24-17-8-7-16(23)13-18(17)25(28)29/h5-10,12-13H,3-4,11,14H2,1-2H3,(H,24,26)/b10-6+. The van der Waals surface area contributed by atoms with Gasteiger partial charge in [-0.1, -0.05) is 13.0 Å². The van der Waals surface area contributed by atoms with Gasteiger partial charge in [0.15, 0.2) is 18.1 Å². The molecule has 0 aliphatic heterocycles. The molecule has 1 amide bonds. The van der Waals surface area contributed by atoms with E-state index in [-0.39, 0.29) is 5.69 Å². The van der Waals surface area contributed by atoms with Gasteiger partial charge in [0.1, 0.15) is 11.5 Å². The maximum absolute atomic E-state index is 13.2. The van der Waals surface area contributed by atoms with Crippen LogP contribution in [-0.2, 0) is 14.3 Å². The van der Waals surface area contributed by atoms with E-state index < -0.39 is 34.9 Å². The van der Waals surface area contributed by atoms with Gasteiger partial charge >= 0.3 is 5.97 Å². The van der Waals surface area contributed by atoms with Crippen LogP contribution in [0.2, 0.25) is 0 Å². The second-order valence-electron chi connectivity index (χ2n) is 6.40. The quantitative estimate of drug-likeness (QED) is 0.239. The molecule has 0 atom stereocenters. The molecular weight excluding hydrogens is 423 g/mol. The van der Waals surface area contributed by atoms with Crippen molar-refractivity contribution in [1.29, 1.82) is 0 Å². The minimum absolute atomic E-state index is 0.207. The van der Waals surface area contributed by atoms with Crippen molar-refractivity contribution in [2.75, 3.05) is 25.1 Å². The molecule has 32 heavy (non-hydrogen) atoms. The minimum atomic E-state index is -0.831. The van der Waals surface area contributed by atoms with Crippen LogP contribution in [0.4, 0.5) is 15.8 Å². The van der Waals surface area contributed by atoms with Crippen LogP contribution >= 0.6 is 0 Å². The monoisotopic (exact) mass is 446 g/mol. The summed E-state index contributed by atoms with van der Waals surface area (Å²) in [6, 6.07) is 7.87. The van der Waals surface area contributed by atoms with E-state index in [1.54, 1.807) is 18.2 Å². The zero-order valence-corrected chi connectivity index (χ0v) is 17.6. The average Bonchev–Trinajstić information content (AvgIpc) is 2.77. The first-order chi connectivity index (χ1) is 15.3. The van der Waals surface area contributed by atoms with Crippen molar-refractivity contribution in [3.05, 3.63) is 64.0 Å². The van der Waals surface area contributed by atoms with E-state index in [0.717, 1.165) is 24.6 Å². The highest BCUT2D eigenvalue weighted by Gasteiger charge is 2.17. The average molecular weight is 446 g/mol. The lowest BCUT2D eigenvalue weighted by Crippen LogP contribution is -2.20. The molecule has 0 radical (unpaired) electrons. The first kappa shape index (κ1) is 24.3. The van der Waals surface area contributed by atoms with E-state index in [2.05, 4.69) is 5.32 Å². The Labute approximate surface area is 183 Å². The Kier molecular flexibility index (Phi) is 9.15. The number of carbonyl (C=O) groups excluding carboxylic acids is 2. The predicted octanol–water partition coefficient (Wildman–Crippen LogP) is 4.12. The number of hydrogen-bond acceptors (Lipinski definition) is 7. The van der Waals surface area contributed by atoms with Crippen LogP contribution in [0.15, 0.2) is 42.5 Å². The summed E-state index contributed by atoms with van der Waals surface area (Å²) in [5.74, 6) is -1.28. The highest BCUT2D eigenvalue weighted by Crippen LogP contribution is 2.29. The summed E-state index contributed by atoms with van der Waals surface area (Å²) in [6.45, 7) is 4.15. The van der Waals surface area contributed by atoms with E-state index in [9.17, 15) is 24.1 Å². The zero-order valence-electron chi connectivity index (χ0n) is 17.6. The third-order valence-corrected chi connectivity index (χ3v) is 3.92. The number of anilines is 1. The van der Waals surface area contributed by atoms with Crippen molar-refractivity contribution in [1.82, 2.24) is 0 Å². The topological polar surface area (TPSA) is 117 Å². The van der Waals surface area contributed by atoms with E-state index in [4.69, 9.17) is 14.2 Å². The lowest BCUT2D eigenvalue weighted by molar-refractivity contribution is -0.384. The van der Waals surface area contributed by atoms with Gasteiger partial charge in [0, 0.05) is 6.08 Å². The summed E-state index contributed by atoms with van der Waals surface area (Å²) in [5.41, 5.74) is -0.163. The Bertz CT molecular complexity index is 1010.